The molecule has 0 saturated carbocycles. The summed E-state index contributed by atoms with van der Waals surface area (Å²) in [6.07, 6.45) is -1.89. The van der Waals surface area contributed by atoms with E-state index in [-0.39, 0.29) is 19.8 Å². The molecule has 0 bridgehead atoms. The van der Waals surface area contributed by atoms with Crippen molar-refractivity contribution >= 4 is 18.3 Å². The predicted octanol–water partition coefficient (Wildman–Crippen LogP) is 0.965. The molecule has 2 aliphatic rings. The number of morpholine rings is 1. The zero-order valence-corrected chi connectivity index (χ0v) is 14.6. The smallest absolute Gasteiger partial charge is 0.407 e. The first-order valence-corrected chi connectivity index (χ1v) is 8.61. The monoisotopic (exact) mass is 385 g/mol. The third-order valence-corrected chi connectivity index (χ3v) is 4.86. The first-order valence-electron chi connectivity index (χ1n) is 8.61. The summed E-state index contributed by atoms with van der Waals surface area (Å²) in [6.45, 7) is 2.57. The molecule has 2 heterocycles. The van der Waals surface area contributed by atoms with E-state index in [0.717, 1.165) is 6.07 Å². The number of hydrogen-bond donors (Lipinski definition) is 1. The molecule has 0 aliphatic carbocycles. The Morgan fingerprint density at radius 3 is 2.63 bits per heavy atom. The molecule has 2 atom stereocenters. The Morgan fingerprint density at radius 2 is 2.00 bits per heavy atom. The molecule has 10 heteroatoms. The number of amides is 1. The molecule has 1 aromatic rings. The zero-order chi connectivity index (χ0) is 19.4. The summed E-state index contributed by atoms with van der Waals surface area (Å²) in [6, 6.07) is 2.79. The maximum absolute atomic E-state index is 14.0. The van der Waals surface area contributed by atoms with E-state index in [9.17, 15) is 23.5 Å². The van der Waals surface area contributed by atoms with E-state index in [0.29, 0.717) is 38.3 Å². The quantitative estimate of drug-likeness (QED) is 0.756. The summed E-state index contributed by atoms with van der Waals surface area (Å²) in [5, 5.41) is 9.40. The Balaban J connectivity index is 1.69. The minimum Gasteiger partial charge on any atom is -0.465 e. The minimum absolute atomic E-state index is 0.123. The number of carbonyl (C=O) groups excluding carboxylic acids is 1. The van der Waals surface area contributed by atoms with Crippen LogP contribution in [0, 0.1) is 11.6 Å². The Labute approximate surface area is 154 Å². The van der Waals surface area contributed by atoms with Crippen molar-refractivity contribution < 1.29 is 33.0 Å². The van der Waals surface area contributed by atoms with Crippen molar-refractivity contribution in [3.8, 4) is 0 Å². The number of halogens is 2. The van der Waals surface area contributed by atoms with Crippen molar-refractivity contribution in [2.75, 3.05) is 50.8 Å². The molecule has 27 heavy (non-hydrogen) atoms. The van der Waals surface area contributed by atoms with Crippen LogP contribution in [0.3, 0.4) is 0 Å². The normalized spacial score (nSPS) is 22.4. The topological polar surface area (TPSA) is 82.5 Å². The number of ether oxygens (including phenoxy) is 2. The molecular formula is C17H21F2N3O5. The number of benzene rings is 1. The second-order valence-electron chi connectivity index (χ2n) is 6.36. The lowest BCUT2D eigenvalue weighted by Gasteiger charge is -2.45. The van der Waals surface area contributed by atoms with Gasteiger partial charge in [0.2, 0.25) is 0 Å². The summed E-state index contributed by atoms with van der Waals surface area (Å²) in [4.78, 5) is 27.3. The third-order valence-electron chi connectivity index (χ3n) is 4.86. The molecule has 2 aliphatic heterocycles. The molecule has 148 valence electrons. The maximum Gasteiger partial charge on any atom is 0.407 e. The lowest BCUT2D eigenvalue weighted by atomic mass is 10.1. The molecule has 1 aromatic carbocycles. The van der Waals surface area contributed by atoms with Gasteiger partial charge in [0.15, 0.2) is 6.23 Å². The van der Waals surface area contributed by atoms with Crippen molar-refractivity contribution in [3.05, 3.63) is 29.8 Å². The molecule has 2 unspecified atom stereocenters. The van der Waals surface area contributed by atoms with E-state index < -0.39 is 30.0 Å². The molecule has 0 spiro atoms. The van der Waals surface area contributed by atoms with Gasteiger partial charge in [-0.05, 0) is 12.1 Å². The van der Waals surface area contributed by atoms with Gasteiger partial charge in [-0.3, -0.25) is 14.6 Å². The van der Waals surface area contributed by atoms with Crippen LogP contribution in [0.2, 0.25) is 0 Å². The van der Waals surface area contributed by atoms with Crippen LogP contribution in [0.5, 0.6) is 0 Å². The van der Waals surface area contributed by atoms with E-state index in [2.05, 4.69) is 0 Å². The summed E-state index contributed by atoms with van der Waals surface area (Å²) in [7, 11) is 0. The highest BCUT2D eigenvalue weighted by Gasteiger charge is 2.39. The average molecular weight is 385 g/mol. The number of rotatable bonds is 5. The van der Waals surface area contributed by atoms with Crippen LogP contribution >= 0.6 is 0 Å². The fourth-order valence-electron chi connectivity index (χ4n) is 3.53. The van der Waals surface area contributed by atoms with Gasteiger partial charge in [0.05, 0.1) is 18.9 Å². The van der Waals surface area contributed by atoms with Crippen molar-refractivity contribution in [2.45, 2.75) is 12.3 Å². The van der Waals surface area contributed by atoms with Crippen LogP contribution in [-0.2, 0) is 14.3 Å². The highest BCUT2D eigenvalue weighted by Crippen LogP contribution is 2.24. The lowest BCUT2D eigenvalue weighted by Crippen LogP contribution is -2.62. The predicted molar refractivity (Wildman–Crippen MR) is 90.4 cm³/mol. The van der Waals surface area contributed by atoms with Gasteiger partial charge >= 0.3 is 6.09 Å². The number of piperazine rings is 1. The van der Waals surface area contributed by atoms with Gasteiger partial charge in [-0.2, -0.15) is 0 Å². The van der Waals surface area contributed by atoms with Gasteiger partial charge in [0.1, 0.15) is 17.7 Å². The van der Waals surface area contributed by atoms with Crippen LogP contribution in [0.25, 0.3) is 0 Å². The Hall–Kier alpha value is -2.46. The third kappa shape index (κ3) is 4.28. The molecular weight excluding hydrogens is 364 g/mol. The first kappa shape index (κ1) is 19.3. The molecule has 2 fully saturated rings. The second kappa shape index (κ2) is 8.49. The van der Waals surface area contributed by atoms with Gasteiger partial charge in [0.25, 0.3) is 6.47 Å². The Bertz CT molecular complexity index is 685. The standard InChI is InChI=1S/C17H21F2N3O5/c18-12-1-2-14(13(19)9-12)20-3-5-21(6-4-20)16(27-11-23)15-10-26-8-7-22(15)17(24)25/h1-2,9,11,15-16H,3-8,10H2,(H,24,25). The van der Waals surface area contributed by atoms with E-state index in [1.54, 1.807) is 4.90 Å². The van der Waals surface area contributed by atoms with E-state index in [1.807, 2.05) is 4.90 Å². The summed E-state index contributed by atoms with van der Waals surface area (Å²) in [5.41, 5.74) is 0.303. The highest BCUT2D eigenvalue weighted by molar-refractivity contribution is 5.65. The summed E-state index contributed by atoms with van der Waals surface area (Å²) in [5.74, 6) is -1.28. The lowest BCUT2D eigenvalue weighted by molar-refractivity contribution is -0.159. The summed E-state index contributed by atoms with van der Waals surface area (Å²) < 4.78 is 37.7. The molecule has 8 nitrogen and oxygen atoms in total. The van der Waals surface area contributed by atoms with Crippen LogP contribution < -0.4 is 4.90 Å². The van der Waals surface area contributed by atoms with E-state index in [4.69, 9.17) is 9.47 Å². The van der Waals surface area contributed by atoms with Crippen LogP contribution in [-0.4, -0.2) is 85.7 Å². The van der Waals surface area contributed by atoms with Gasteiger partial charge in [-0.15, -0.1) is 0 Å². The fraction of sp³-hybridized carbons (Fsp3) is 0.529. The van der Waals surface area contributed by atoms with Crippen molar-refractivity contribution in [1.29, 1.82) is 0 Å². The minimum atomic E-state index is -1.10. The van der Waals surface area contributed by atoms with E-state index in [1.165, 1.54) is 17.0 Å². The second-order valence-corrected chi connectivity index (χ2v) is 6.36. The molecule has 3 rings (SSSR count). The molecule has 2 saturated heterocycles. The van der Waals surface area contributed by atoms with Crippen molar-refractivity contribution in [2.24, 2.45) is 0 Å². The van der Waals surface area contributed by atoms with Gasteiger partial charge in [0, 0.05) is 38.8 Å². The van der Waals surface area contributed by atoms with Crippen molar-refractivity contribution in [1.82, 2.24) is 9.80 Å². The zero-order valence-electron chi connectivity index (χ0n) is 14.6. The van der Waals surface area contributed by atoms with Gasteiger partial charge < -0.3 is 19.5 Å². The van der Waals surface area contributed by atoms with E-state index >= 15 is 0 Å². The maximum atomic E-state index is 14.0. The summed E-state index contributed by atoms with van der Waals surface area (Å²) >= 11 is 0. The Kier molecular flexibility index (Phi) is 6.07. The Morgan fingerprint density at radius 1 is 1.26 bits per heavy atom. The number of anilines is 1. The SMILES string of the molecule is O=COC(C1COCCN1C(=O)O)N1CCN(c2ccc(F)cc2F)CC1. The average Bonchev–Trinajstić information content (AvgIpc) is 2.66. The van der Waals surface area contributed by atoms with Gasteiger partial charge in [-0.1, -0.05) is 0 Å². The molecule has 1 amide bonds. The number of carbonyl (C=O) groups is 2. The fourth-order valence-corrected chi connectivity index (χ4v) is 3.53. The largest absolute Gasteiger partial charge is 0.465 e. The van der Waals surface area contributed by atoms with Crippen molar-refractivity contribution in [3.63, 3.8) is 0 Å². The van der Waals surface area contributed by atoms with Crippen LogP contribution in [0.4, 0.5) is 19.3 Å². The number of nitrogens with zero attached hydrogens (tertiary/aromatic N) is 3. The highest BCUT2D eigenvalue weighted by atomic mass is 19.1. The molecule has 0 aromatic heterocycles. The van der Waals surface area contributed by atoms with Crippen LogP contribution in [0.1, 0.15) is 0 Å². The molecule has 0 radical (unpaired) electrons. The van der Waals surface area contributed by atoms with Crippen LogP contribution in [0.15, 0.2) is 18.2 Å². The molecule has 1 N–H and O–H groups in total. The van der Waals surface area contributed by atoms with Gasteiger partial charge in [-0.25, -0.2) is 13.6 Å². The first-order chi connectivity index (χ1) is 13.0. The number of carboxylic acid groups (broad SMARTS) is 1. The number of hydrogen-bond acceptors (Lipinski definition) is 6.